The third-order valence-electron chi connectivity index (χ3n) is 1.98. The predicted octanol–water partition coefficient (Wildman–Crippen LogP) is 1.75. The summed E-state index contributed by atoms with van der Waals surface area (Å²) in [6.45, 7) is 8.79. The number of aliphatic hydroxyl groups excluding tert-OH is 1. The first kappa shape index (κ1) is 11.5. The molecule has 0 unspecified atom stereocenters. The summed E-state index contributed by atoms with van der Waals surface area (Å²) in [6, 6.07) is 5.59. The molecule has 0 atom stereocenters. The van der Waals surface area contributed by atoms with Gasteiger partial charge in [-0.05, 0) is 12.1 Å². The number of nitrogens with zero attached hydrogens (tertiary/aromatic N) is 2. The maximum atomic E-state index is 8.98. The molecule has 0 aromatic carbocycles. The van der Waals surface area contributed by atoms with Crippen molar-refractivity contribution in [3.8, 4) is 0 Å². The van der Waals surface area contributed by atoms with E-state index in [-0.39, 0.29) is 6.61 Å². The number of anilines is 1. The fourth-order valence-corrected chi connectivity index (χ4v) is 1.30. The minimum Gasteiger partial charge on any atom is -0.390 e. The SMILES string of the molecule is C=CCN(CC=C)c1cccc(CO)n1. The molecule has 1 heterocycles. The van der Waals surface area contributed by atoms with Crippen LogP contribution in [0.5, 0.6) is 0 Å². The minimum absolute atomic E-state index is 0.0378. The molecular weight excluding hydrogens is 188 g/mol. The smallest absolute Gasteiger partial charge is 0.129 e. The van der Waals surface area contributed by atoms with Crippen LogP contribution in [0.2, 0.25) is 0 Å². The van der Waals surface area contributed by atoms with Crippen LogP contribution < -0.4 is 4.90 Å². The van der Waals surface area contributed by atoms with E-state index in [9.17, 15) is 0 Å². The Hall–Kier alpha value is -1.61. The number of aromatic nitrogens is 1. The highest BCUT2D eigenvalue weighted by molar-refractivity contribution is 5.40. The standard InChI is InChI=1S/C12H16N2O/c1-3-8-14(9-4-2)12-7-5-6-11(10-15)13-12/h3-7,15H,1-2,8-10H2. The summed E-state index contributed by atoms with van der Waals surface area (Å²) < 4.78 is 0. The fraction of sp³-hybridized carbons (Fsp3) is 0.250. The van der Waals surface area contributed by atoms with Gasteiger partial charge in [-0.25, -0.2) is 4.98 Å². The second kappa shape index (κ2) is 5.98. The topological polar surface area (TPSA) is 36.4 Å². The minimum atomic E-state index is -0.0378. The normalized spacial score (nSPS) is 9.67. The molecular formula is C12H16N2O. The van der Waals surface area contributed by atoms with Gasteiger partial charge in [-0.1, -0.05) is 18.2 Å². The maximum Gasteiger partial charge on any atom is 0.129 e. The van der Waals surface area contributed by atoms with E-state index >= 15 is 0 Å². The zero-order valence-corrected chi connectivity index (χ0v) is 8.76. The molecule has 3 nitrogen and oxygen atoms in total. The Morgan fingerprint density at radius 3 is 2.47 bits per heavy atom. The van der Waals surface area contributed by atoms with E-state index in [4.69, 9.17) is 5.11 Å². The van der Waals surface area contributed by atoms with Crippen molar-refractivity contribution in [2.75, 3.05) is 18.0 Å². The second-order valence-corrected chi connectivity index (χ2v) is 3.13. The molecule has 0 spiro atoms. The summed E-state index contributed by atoms with van der Waals surface area (Å²) in [5.41, 5.74) is 0.672. The van der Waals surface area contributed by atoms with E-state index in [2.05, 4.69) is 18.1 Å². The second-order valence-electron chi connectivity index (χ2n) is 3.13. The first-order valence-corrected chi connectivity index (χ1v) is 4.85. The van der Waals surface area contributed by atoms with E-state index in [1.807, 2.05) is 29.2 Å². The van der Waals surface area contributed by atoms with E-state index in [1.54, 1.807) is 6.07 Å². The molecule has 0 radical (unpaired) electrons. The lowest BCUT2D eigenvalue weighted by atomic mass is 10.3. The maximum absolute atomic E-state index is 8.98. The molecule has 0 saturated carbocycles. The highest BCUT2D eigenvalue weighted by Gasteiger charge is 2.04. The molecule has 0 aliphatic carbocycles. The Labute approximate surface area is 90.4 Å². The highest BCUT2D eigenvalue weighted by Crippen LogP contribution is 2.11. The van der Waals surface area contributed by atoms with E-state index in [0.29, 0.717) is 18.8 Å². The Balaban J connectivity index is 2.88. The van der Waals surface area contributed by atoms with Crippen LogP contribution in [0.25, 0.3) is 0 Å². The molecule has 1 rings (SSSR count). The third-order valence-corrected chi connectivity index (χ3v) is 1.98. The van der Waals surface area contributed by atoms with Gasteiger partial charge in [0.05, 0.1) is 12.3 Å². The largest absolute Gasteiger partial charge is 0.390 e. The molecule has 0 bridgehead atoms. The van der Waals surface area contributed by atoms with Crippen molar-refractivity contribution in [3.63, 3.8) is 0 Å². The molecule has 1 aromatic rings. The van der Waals surface area contributed by atoms with E-state index in [1.165, 1.54) is 0 Å². The molecule has 0 aliphatic heterocycles. The zero-order valence-electron chi connectivity index (χ0n) is 8.76. The average molecular weight is 204 g/mol. The molecule has 1 N–H and O–H groups in total. The Morgan fingerprint density at radius 2 is 1.93 bits per heavy atom. The van der Waals surface area contributed by atoms with Crippen LogP contribution in [0.4, 0.5) is 5.82 Å². The molecule has 0 amide bonds. The van der Waals surface area contributed by atoms with Gasteiger partial charge >= 0.3 is 0 Å². The quantitative estimate of drug-likeness (QED) is 0.717. The van der Waals surface area contributed by atoms with Gasteiger partial charge in [-0.2, -0.15) is 0 Å². The van der Waals surface area contributed by atoms with Crippen LogP contribution in [0.1, 0.15) is 5.69 Å². The summed E-state index contributed by atoms with van der Waals surface area (Å²) >= 11 is 0. The van der Waals surface area contributed by atoms with Gasteiger partial charge < -0.3 is 10.0 Å². The van der Waals surface area contributed by atoms with Gasteiger partial charge in [0.1, 0.15) is 5.82 Å². The zero-order chi connectivity index (χ0) is 11.1. The molecule has 80 valence electrons. The van der Waals surface area contributed by atoms with Crippen molar-refractivity contribution in [2.45, 2.75) is 6.61 Å². The molecule has 1 aromatic heterocycles. The molecule has 15 heavy (non-hydrogen) atoms. The summed E-state index contributed by atoms with van der Waals surface area (Å²) in [6.07, 6.45) is 3.63. The Bertz CT molecular complexity index is 326. The average Bonchev–Trinajstić information content (AvgIpc) is 2.29. The van der Waals surface area contributed by atoms with Crippen molar-refractivity contribution in [1.29, 1.82) is 0 Å². The van der Waals surface area contributed by atoms with Gasteiger partial charge in [0.2, 0.25) is 0 Å². The third kappa shape index (κ3) is 3.22. The summed E-state index contributed by atoms with van der Waals surface area (Å²) in [7, 11) is 0. The first-order valence-electron chi connectivity index (χ1n) is 4.85. The van der Waals surface area contributed by atoms with Crippen LogP contribution in [0.3, 0.4) is 0 Å². The monoisotopic (exact) mass is 204 g/mol. The van der Waals surface area contributed by atoms with Gasteiger partial charge in [-0.15, -0.1) is 13.2 Å². The van der Waals surface area contributed by atoms with Crippen molar-refractivity contribution >= 4 is 5.82 Å². The summed E-state index contributed by atoms with van der Waals surface area (Å²) in [4.78, 5) is 6.34. The van der Waals surface area contributed by atoms with Crippen LogP contribution in [-0.4, -0.2) is 23.2 Å². The first-order chi connectivity index (χ1) is 7.31. The molecule has 3 heteroatoms. The van der Waals surface area contributed by atoms with Crippen LogP contribution in [0, 0.1) is 0 Å². The lowest BCUT2D eigenvalue weighted by molar-refractivity contribution is 0.277. The summed E-state index contributed by atoms with van der Waals surface area (Å²) in [5.74, 6) is 0.835. The molecule has 0 fully saturated rings. The van der Waals surface area contributed by atoms with E-state index in [0.717, 1.165) is 5.82 Å². The fourth-order valence-electron chi connectivity index (χ4n) is 1.30. The number of aliphatic hydroxyl groups is 1. The molecule has 0 saturated heterocycles. The van der Waals surface area contributed by atoms with Crippen LogP contribution in [0.15, 0.2) is 43.5 Å². The van der Waals surface area contributed by atoms with Crippen molar-refractivity contribution in [1.82, 2.24) is 4.98 Å². The van der Waals surface area contributed by atoms with Gasteiger partial charge in [0, 0.05) is 13.1 Å². The predicted molar refractivity (Wildman–Crippen MR) is 62.8 cm³/mol. The lowest BCUT2D eigenvalue weighted by Crippen LogP contribution is -2.24. The van der Waals surface area contributed by atoms with Crippen LogP contribution >= 0.6 is 0 Å². The molecule has 0 aliphatic rings. The van der Waals surface area contributed by atoms with E-state index < -0.39 is 0 Å². The van der Waals surface area contributed by atoms with Crippen molar-refractivity contribution in [3.05, 3.63) is 49.2 Å². The summed E-state index contributed by atoms with van der Waals surface area (Å²) in [5, 5.41) is 8.98. The van der Waals surface area contributed by atoms with Gasteiger partial charge in [0.15, 0.2) is 0 Å². The van der Waals surface area contributed by atoms with Crippen molar-refractivity contribution < 1.29 is 5.11 Å². The number of rotatable bonds is 6. The Kier molecular flexibility index (Phi) is 4.57. The highest BCUT2D eigenvalue weighted by atomic mass is 16.3. The van der Waals surface area contributed by atoms with Gasteiger partial charge in [-0.3, -0.25) is 0 Å². The number of hydrogen-bond donors (Lipinski definition) is 1. The number of pyridine rings is 1. The van der Waals surface area contributed by atoms with Crippen molar-refractivity contribution in [2.24, 2.45) is 0 Å². The lowest BCUT2D eigenvalue weighted by Gasteiger charge is -2.20. The Morgan fingerprint density at radius 1 is 1.27 bits per heavy atom. The number of hydrogen-bond acceptors (Lipinski definition) is 3. The van der Waals surface area contributed by atoms with Gasteiger partial charge in [0.25, 0.3) is 0 Å². The van der Waals surface area contributed by atoms with Crippen LogP contribution in [-0.2, 0) is 6.61 Å².